The molecule has 3 N–H and O–H groups in total. The van der Waals surface area contributed by atoms with Crippen LogP contribution in [0.15, 0.2) is 41.8 Å². The summed E-state index contributed by atoms with van der Waals surface area (Å²) in [6, 6.07) is 5.41. The molecule has 0 radical (unpaired) electrons. The summed E-state index contributed by atoms with van der Waals surface area (Å²) < 4.78 is 26.5. The van der Waals surface area contributed by atoms with Gasteiger partial charge in [-0.3, -0.25) is 4.79 Å². The number of carbonyl (C=O) groups excluding carboxylic acids is 1. The van der Waals surface area contributed by atoms with Crippen LogP contribution in [0.2, 0.25) is 0 Å². The molecule has 0 spiro atoms. The number of carbonyl (C=O) groups is 2. The highest BCUT2D eigenvalue weighted by molar-refractivity contribution is 7.89. The van der Waals surface area contributed by atoms with Gasteiger partial charge in [-0.05, 0) is 31.5 Å². The lowest BCUT2D eigenvalue weighted by Crippen LogP contribution is -2.52. The van der Waals surface area contributed by atoms with Gasteiger partial charge in [0.25, 0.3) is 5.91 Å². The van der Waals surface area contributed by atoms with E-state index in [4.69, 9.17) is 0 Å². The maximum Gasteiger partial charge on any atom is 0.329 e. The average molecular weight is 354 g/mol. The number of carboxylic acids is 1. The predicted molar refractivity (Wildman–Crippen MR) is 90.2 cm³/mol. The lowest BCUT2D eigenvalue weighted by Gasteiger charge is -2.25. The first kappa shape index (κ1) is 19.9. The van der Waals surface area contributed by atoms with Crippen molar-refractivity contribution in [2.24, 2.45) is 0 Å². The Kier molecular flexibility index (Phi) is 6.68. The maximum atomic E-state index is 12.3. The minimum absolute atomic E-state index is 0.0618. The molecule has 8 heteroatoms. The number of benzene rings is 1. The van der Waals surface area contributed by atoms with Crippen LogP contribution in [0.4, 0.5) is 0 Å². The molecule has 0 aliphatic heterocycles. The van der Waals surface area contributed by atoms with E-state index in [9.17, 15) is 23.1 Å². The zero-order valence-corrected chi connectivity index (χ0v) is 14.5. The summed E-state index contributed by atoms with van der Waals surface area (Å²) in [6.07, 6.45) is 2.23. The second-order valence-electron chi connectivity index (χ2n) is 5.51. The number of carboxylic acid groups (broad SMARTS) is 1. The van der Waals surface area contributed by atoms with Gasteiger partial charge < -0.3 is 10.4 Å². The molecule has 24 heavy (non-hydrogen) atoms. The first-order valence-electron chi connectivity index (χ1n) is 7.43. The van der Waals surface area contributed by atoms with Gasteiger partial charge in [0.05, 0.1) is 4.90 Å². The third-order valence-corrected chi connectivity index (χ3v) is 4.86. The molecular weight excluding hydrogens is 332 g/mol. The van der Waals surface area contributed by atoms with E-state index < -0.39 is 27.4 Å². The van der Waals surface area contributed by atoms with E-state index in [0.717, 1.165) is 0 Å². The molecule has 0 aromatic heterocycles. The van der Waals surface area contributed by atoms with Crippen molar-refractivity contribution in [3.05, 3.63) is 42.5 Å². The molecule has 0 saturated heterocycles. The van der Waals surface area contributed by atoms with Crippen LogP contribution in [0.1, 0.15) is 37.0 Å². The van der Waals surface area contributed by atoms with Crippen LogP contribution in [0.3, 0.4) is 0 Å². The first-order chi connectivity index (χ1) is 11.2. The second-order valence-corrected chi connectivity index (χ2v) is 7.28. The Bertz CT molecular complexity index is 730. The normalized spacial score (nSPS) is 13.8. The molecular formula is C16H22N2O5S. The number of hydrogen-bond acceptors (Lipinski definition) is 4. The van der Waals surface area contributed by atoms with E-state index >= 15 is 0 Å². The molecule has 1 amide bonds. The van der Waals surface area contributed by atoms with Crippen molar-refractivity contribution in [3.63, 3.8) is 0 Å². The molecule has 0 saturated carbocycles. The standard InChI is InChI=1S/C16H22N2O5S/c1-4-9-16(3,15(20)21)18-14(19)12-7-6-8-13(11-12)24(22,23)17-10-5-2/h5-8,11,17H,2,4,9-10H2,1,3H3,(H,18,19)(H,20,21). The molecule has 132 valence electrons. The van der Waals surface area contributed by atoms with Crippen LogP contribution in [0.25, 0.3) is 0 Å². The summed E-state index contributed by atoms with van der Waals surface area (Å²) in [5.41, 5.74) is -1.35. The zero-order valence-electron chi connectivity index (χ0n) is 13.7. The zero-order chi connectivity index (χ0) is 18.4. The number of amides is 1. The fourth-order valence-electron chi connectivity index (χ4n) is 2.10. The average Bonchev–Trinajstić information content (AvgIpc) is 2.53. The first-order valence-corrected chi connectivity index (χ1v) is 8.91. The molecule has 1 unspecified atom stereocenters. The van der Waals surface area contributed by atoms with Crippen LogP contribution in [0.5, 0.6) is 0 Å². The third-order valence-electron chi connectivity index (χ3n) is 3.44. The highest BCUT2D eigenvalue weighted by Gasteiger charge is 2.34. The lowest BCUT2D eigenvalue weighted by molar-refractivity contribution is -0.144. The van der Waals surface area contributed by atoms with Gasteiger partial charge in [0.1, 0.15) is 5.54 Å². The molecule has 0 aliphatic carbocycles. The minimum Gasteiger partial charge on any atom is -0.480 e. The van der Waals surface area contributed by atoms with E-state index in [1.165, 1.54) is 37.3 Å². The van der Waals surface area contributed by atoms with Crippen molar-refractivity contribution in [1.29, 1.82) is 0 Å². The molecule has 7 nitrogen and oxygen atoms in total. The monoisotopic (exact) mass is 354 g/mol. The van der Waals surface area contributed by atoms with Crippen LogP contribution in [0, 0.1) is 0 Å². The van der Waals surface area contributed by atoms with Gasteiger partial charge in [0.2, 0.25) is 10.0 Å². The quantitative estimate of drug-likeness (QED) is 0.582. The van der Waals surface area contributed by atoms with Crippen LogP contribution >= 0.6 is 0 Å². The predicted octanol–water partition coefficient (Wildman–Crippen LogP) is 1.52. The van der Waals surface area contributed by atoms with Crippen LogP contribution in [-0.4, -0.2) is 37.5 Å². The number of sulfonamides is 1. The SMILES string of the molecule is C=CCNS(=O)(=O)c1cccc(C(=O)NC(C)(CCC)C(=O)O)c1. The Labute approximate surface area is 141 Å². The molecule has 1 atom stereocenters. The highest BCUT2D eigenvalue weighted by atomic mass is 32.2. The van der Waals surface area contributed by atoms with Gasteiger partial charge in [-0.25, -0.2) is 17.9 Å². The largest absolute Gasteiger partial charge is 0.480 e. The van der Waals surface area contributed by atoms with Crippen LogP contribution in [-0.2, 0) is 14.8 Å². The molecule has 1 rings (SSSR count). The Morgan fingerprint density at radius 1 is 1.38 bits per heavy atom. The molecule has 0 heterocycles. The summed E-state index contributed by atoms with van der Waals surface area (Å²) in [4.78, 5) is 23.6. The molecule has 0 bridgehead atoms. The van der Waals surface area contributed by atoms with Gasteiger partial charge in [-0.2, -0.15) is 0 Å². The number of hydrogen-bond donors (Lipinski definition) is 3. The van der Waals surface area contributed by atoms with Crippen molar-refractivity contribution < 1.29 is 23.1 Å². The fourth-order valence-corrected chi connectivity index (χ4v) is 3.15. The summed E-state index contributed by atoms with van der Waals surface area (Å²) in [7, 11) is -3.77. The summed E-state index contributed by atoms with van der Waals surface area (Å²) in [5, 5.41) is 11.8. The minimum atomic E-state index is -3.77. The van der Waals surface area contributed by atoms with Crippen molar-refractivity contribution in [2.75, 3.05) is 6.54 Å². The fraction of sp³-hybridized carbons (Fsp3) is 0.375. The van der Waals surface area contributed by atoms with Gasteiger partial charge >= 0.3 is 5.97 Å². The molecule has 1 aromatic rings. The third kappa shape index (κ3) is 4.90. The number of aliphatic carboxylic acids is 1. The Morgan fingerprint density at radius 3 is 2.58 bits per heavy atom. The van der Waals surface area contributed by atoms with Gasteiger partial charge in [-0.15, -0.1) is 6.58 Å². The summed E-state index contributed by atoms with van der Waals surface area (Å²) >= 11 is 0. The lowest BCUT2D eigenvalue weighted by atomic mass is 9.96. The summed E-state index contributed by atoms with van der Waals surface area (Å²) in [5.74, 6) is -1.79. The van der Waals surface area contributed by atoms with Gasteiger partial charge in [0.15, 0.2) is 0 Å². The number of rotatable bonds is 9. The van der Waals surface area contributed by atoms with E-state index in [0.29, 0.717) is 6.42 Å². The van der Waals surface area contributed by atoms with Crippen molar-refractivity contribution in [3.8, 4) is 0 Å². The van der Waals surface area contributed by atoms with Gasteiger partial charge in [0, 0.05) is 12.1 Å². The number of nitrogens with one attached hydrogen (secondary N) is 2. The molecule has 0 aliphatic rings. The Hall–Kier alpha value is -2.19. The van der Waals surface area contributed by atoms with Crippen LogP contribution < -0.4 is 10.0 Å². The maximum absolute atomic E-state index is 12.3. The van der Waals surface area contributed by atoms with E-state index in [1.807, 2.05) is 6.92 Å². The van der Waals surface area contributed by atoms with E-state index in [1.54, 1.807) is 0 Å². The molecule has 0 fully saturated rings. The summed E-state index contributed by atoms with van der Waals surface area (Å²) in [6.45, 7) is 6.72. The van der Waals surface area contributed by atoms with Crippen molar-refractivity contribution in [1.82, 2.24) is 10.0 Å². The van der Waals surface area contributed by atoms with Gasteiger partial charge in [-0.1, -0.05) is 25.5 Å². The van der Waals surface area contributed by atoms with E-state index in [-0.39, 0.29) is 23.4 Å². The topological polar surface area (TPSA) is 113 Å². The Balaban J connectivity index is 3.07. The Morgan fingerprint density at radius 2 is 2.04 bits per heavy atom. The molecule has 1 aromatic carbocycles. The van der Waals surface area contributed by atoms with Crippen molar-refractivity contribution >= 4 is 21.9 Å². The van der Waals surface area contributed by atoms with Crippen molar-refractivity contribution in [2.45, 2.75) is 37.1 Å². The highest BCUT2D eigenvalue weighted by Crippen LogP contribution is 2.16. The van der Waals surface area contributed by atoms with E-state index in [2.05, 4.69) is 16.6 Å². The second kappa shape index (κ2) is 8.07. The smallest absolute Gasteiger partial charge is 0.329 e.